The van der Waals surface area contributed by atoms with Crippen LogP contribution in [0, 0.1) is 0 Å². The fourth-order valence-corrected chi connectivity index (χ4v) is 6.72. The minimum absolute atomic E-state index is 0.0353. The zero-order valence-electron chi connectivity index (χ0n) is 31.4. The number of hydrogen-bond acceptors (Lipinski definition) is 3. The van der Waals surface area contributed by atoms with Gasteiger partial charge < -0.3 is 9.84 Å². The van der Waals surface area contributed by atoms with Crippen LogP contribution >= 0.6 is 0 Å². The van der Waals surface area contributed by atoms with Crippen molar-refractivity contribution in [1.82, 2.24) is 0 Å². The molecule has 0 aromatic carbocycles. The second-order valence-electron chi connectivity index (χ2n) is 14.5. The lowest BCUT2D eigenvalue weighted by atomic mass is 10.0. The molecule has 1 N–H and O–H groups in total. The van der Waals surface area contributed by atoms with E-state index in [2.05, 4.69) is 13.8 Å². The van der Waals surface area contributed by atoms with Gasteiger partial charge in [-0.15, -0.1) is 0 Å². The summed E-state index contributed by atoms with van der Waals surface area (Å²) in [6, 6.07) is 0. The Labute approximate surface area is 288 Å². The molecule has 4 heteroatoms. The van der Waals surface area contributed by atoms with Gasteiger partial charge in [-0.2, -0.15) is 0 Å². The third-order valence-corrected chi connectivity index (χ3v) is 9.83. The number of unbranched alkanes of at least 4 members (excludes halogenated alkanes) is 30. The molecule has 0 aliphatic rings. The summed E-state index contributed by atoms with van der Waals surface area (Å²) in [5.74, 6) is -0.643. The van der Waals surface area contributed by atoms with Crippen LogP contribution in [0.4, 0.5) is 0 Å². The molecule has 4 nitrogen and oxygen atoms in total. The number of carboxylic acids is 1. The Morgan fingerprint density at radius 3 is 0.957 bits per heavy atom. The molecule has 1 unspecified atom stereocenters. The first-order chi connectivity index (χ1) is 22.6. The lowest BCUT2D eigenvalue weighted by Gasteiger charge is -2.18. The Morgan fingerprint density at radius 2 is 0.652 bits per heavy atom. The Kier molecular flexibility index (Phi) is 37.5. The Morgan fingerprint density at radius 1 is 0.391 bits per heavy atom. The highest BCUT2D eigenvalue weighted by atomic mass is 16.5. The molecule has 0 heterocycles. The first-order valence-corrected chi connectivity index (χ1v) is 21.0. The van der Waals surface area contributed by atoms with Crippen LogP contribution in [-0.2, 0) is 14.3 Å². The average molecular weight is 651 g/mol. The second-order valence-corrected chi connectivity index (χ2v) is 14.5. The lowest BCUT2D eigenvalue weighted by molar-refractivity contribution is -0.150. The normalized spacial score (nSPS) is 12.0. The monoisotopic (exact) mass is 651 g/mol. The summed E-state index contributed by atoms with van der Waals surface area (Å²) in [6.07, 6.45) is 45.6. The third-order valence-electron chi connectivity index (χ3n) is 9.83. The molecule has 0 aliphatic carbocycles. The summed E-state index contributed by atoms with van der Waals surface area (Å²) in [4.78, 5) is 23.3. The van der Waals surface area contributed by atoms with Crippen molar-refractivity contribution in [3.8, 4) is 0 Å². The highest BCUT2D eigenvalue weighted by Crippen LogP contribution is 2.19. The maximum Gasteiger partial charge on any atom is 0.306 e. The Hall–Kier alpha value is -1.06. The fraction of sp³-hybridized carbons (Fsp3) is 0.952. The summed E-state index contributed by atoms with van der Waals surface area (Å²) < 4.78 is 6.06. The highest BCUT2D eigenvalue weighted by Gasteiger charge is 2.14. The lowest BCUT2D eigenvalue weighted by Crippen LogP contribution is -2.18. The summed E-state index contributed by atoms with van der Waals surface area (Å²) in [6.45, 7) is 4.57. The molecular weight excluding hydrogens is 568 g/mol. The largest absolute Gasteiger partial charge is 0.481 e. The first-order valence-electron chi connectivity index (χ1n) is 21.0. The molecule has 274 valence electrons. The molecule has 0 aromatic heterocycles. The van der Waals surface area contributed by atoms with Crippen LogP contribution in [0.2, 0.25) is 0 Å². The fourth-order valence-electron chi connectivity index (χ4n) is 6.72. The minimum Gasteiger partial charge on any atom is -0.481 e. The van der Waals surface area contributed by atoms with Crippen molar-refractivity contribution in [3.05, 3.63) is 0 Å². The minimum atomic E-state index is -0.678. The van der Waals surface area contributed by atoms with Crippen LogP contribution in [0.25, 0.3) is 0 Å². The van der Waals surface area contributed by atoms with Crippen molar-refractivity contribution in [3.63, 3.8) is 0 Å². The van der Waals surface area contributed by atoms with Crippen LogP contribution in [0.5, 0.6) is 0 Å². The van der Waals surface area contributed by atoms with Gasteiger partial charge in [0.05, 0.1) is 0 Å². The van der Waals surface area contributed by atoms with E-state index in [-0.39, 0.29) is 12.1 Å². The van der Waals surface area contributed by atoms with E-state index in [1.807, 2.05) is 0 Å². The van der Waals surface area contributed by atoms with Crippen LogP contribution in [-0.4, -0.2) is 23.1 Å². The van der Waals surface area contributed by atoms with Crippen molar-refractivity contribution >= 4 is 11.9 Å². The van der Waals surface area contributed by atoms with E-state index in [1.54, 1.807) is 0 Å². The van der Waals surface area contributed by atoms with Crippen LogP contribution in [0.3, 0.4) is 0 Å². The van der Waals surface area contributed by atoms with Crippen molar-refractivity contribution in [1.29, 1.82) is 0 Å². The summed E-state index contributed by atoms with van der Waals surface area (Å²) in [5, 5.41) is 8.75. The molecule has 0 radical (unpaired) electrons. The maximum atomic E-state index is 12.7. The summed E-state index contributed by atoms with van der Waals surface area (Å²) in [7, 11) is 0. The molecular formula is C42H82O4. The number of hydrogen-bond donors (Lipinski definition) is 1. The van der Waals surface area contributed by atoms with E-state index in [9.17, 15) is 9.59 Å². The molecule has 0 rings (SSSR count). The van der Waals surface area contributed by atoms with E-state index < -0.39 is 5.97 Å². The van der Waals surface area contributed by atoms with E-state index >= 15 is 0 Å². The Bertz CT molecular complexity index is 619. The molecule has 1 atom stereocenters. The van der Waals surface area contributed by atoms with E-state index in [4.69, 9.17) is 9.84 Å². The number of carbonyl (C=O) groups excluding carboxylic acids is 1. The second kappa shape index (κ2) is 38.4. The molecule has 0 aromatic rings. The number of aliphatic carboxylic acids is 1. The van der Waals surface area contributed by atoms with Gasteiger partial charge in [0, 0.05) is 12.8 Å². The van der Waals surface area contributed by atoms with Crippen molar-refractivity contribution in [2.24, 2.45) is 0 Å². The molecule has 0 bridgehead atoms. The smallest absolute Gasteiger partial charge is 0.306 e. The zero-order chi connectivity index (χ0) is 33.6. The molecule has 0 aliphatic heterocycles. The number of carboxylic acid groups (broad SMARTS) is 1. The van der Waals surface area contributed by atoms with Gasteiger partial charge in [0.25, 0.3) is 0 Å². The number of rotatable bonds is 39. The topological polar surface area (TPSA) is 63.6 Å². The first kappa shape index (κ1) is 44.9. The SMILES string of the molecule is CCCCCCCCCCCCCCCCCC(=O)OC(CCCCCCCCCCCC)CCCCCCCCCCC(=O)O. The number of carbonyl (C=O) groups is 2. The van der Waals surface area contributed by atoms with Crippen molar-refractivity contribution in [2.75, 3.05) is 0 Å². The summed E-state index contributed by atoms with van der Waals surface area (Å²) in [5.41, 5.74) is 0. The van der Waals surface area contributed by atoms with Gasteiger partial charge in [0.15, 0.2) is 0 Å². The van der Waals surface area contributed by atoms with Gasteiger partial charge in [-0.3, -0.25) is 9.59 Å². The van der Waals surface area contributed by atoms with Gasteiger partial charge in [-0.25, -0.2) is 0 Å². The highest BCUT2D eigenvalue weighted by molar-refractivity contribution is 5.69. The average Bonchev–Trinajstić information content (AvgIpc) is 3.04. The predicted molar refractivity (Wildman–Crippen MR) is 200 cm³/mol. The number of esters is 1. The molecule has 0 fully saturated rings. The van der Waals surface area contributed by atoms with Gasteiger partial charge in [0.2, 0.25) is 0 Å². The molecule has 0 saturated heterocycles. The van der Waals surface area contributed by atoms with Crippen LogP contribution < -0.4 is 0 Å². The van der Waals surface area contributed by atoms with E-state index in [0.717, 1.165) is 51.4 Å². The third kappa shape index (κ3) is 37.4. The zero-order valence-corrected chi connectivity index (χ0v) is 31.4. The van der Waals surface area contributed by atoms with Gasteiger partial charge in [-0.1, -0.05) is 200 Å². The van der Waals surface area contributed by atoms with E-state index in [1.165, 1.54) is 173 Å². The van der Waals surface area contributed by atoms with E-state index in [0.29, 0.717) is 12.8 Å². The molecule has 0 amide bonds. The molecule has 0 spiro atoms. The van der Waals surface area contributed by atoms with Crippen LogP contribution in [0.1, 0.15) is 251 Å². The summed E-state index contributed by atoms with van der Waals surface area (Å²) >= 11 is 0. The van der Waals surface area contributed by atoms with Crippen molar-refractivity contribution < 1.29 is 19.4 Å². The molecule has 0 saturated carbocycles. The van der Waals surface area contributed by atoms with Crippen molar-refractivity contribution in [2.45, 2.75) is 258 Å². The quantitative estimate of drug-likeness (QED) is 0.0531. The van der Waals surface area contributed by atoms with Gasteiger partial charge >= 0.3 is 11.9 Å². The van der Waals surface area contributed by atoms with Crippen LogP contribution in [0.15, 0.2) is 0 Å². The maximum absolute atomic E-state index is 12.7. The standard InChI is InChI=1S/C42H82O4/c1-3-5-7-9-11-13-15-16-17-18-19-21-27-31-35-39-42(45)46-40(36-32-28-24-20-14-12-10-8-6-4-2)37-33-29-25-22-23-26-30-34-38-41(43)44/h40H,3-39H2,1-2H3,(H,43,44). The Balaban J connectivity index is 4.00. The van der Waals surface area contributed by atoms with Gasteiger partial charge in [-0.05, 0) is 38.5 Å². The number of ether oxygens (including phenoxy) is 1. The molecule has 46 heavy (non-hydrogen) atoms. The van der Waals surface area contributed by atoms with Gasteiger partial charge in [0.1, 0.15) is 6.10 Å². The predicted octanol–water partition coefficient (Wildman–Crippen LogP) is 14.5.